The second-order valence-corrected chi connectivity index (χ2v) is 7.11. The van der Waals surface area contributed by atoms with Crippen molar-refractivity contribution in [3.05, 3.63) is 81.4 Å². The van der Waals surface area contributed by atoms with Crippen molar-refractivity contribution in [2.24, 2.45) is 0 Å². The predicted octanol–water partition coefficient (Wildman–Crippen LogP) is 6.35. The van der Waals surface area contributed by atoms with Crippen LogP contribution in [-0.2, 0) is 6.54 Å². The van der Waals surface area contributed by atoms with Gasteiger partial charge in [-0.2, -0.15) is 0 Å². The highest BCUT2D eigenvalue weighted by atomic mass is 14.9. The fourth-order valence-corrected chi connectivity index (χ4v) is 3.84. The maximum Gasteiger partial charge on any atom is 0.0407 e. The van der Waals surface area contributed by atoms with Crippen LogP contribution < -0.4 is 5.32 Å². The van der Waals surface area contributed by atoms with Gasteiger partial charge in [-0.15, -0.1) is 0 Å². The van der Waals surface area contributed by atoms with E-state index in [1.54, 1.807) is 0 Å². The summed E-state index contributed by atoms with van der Waals surface area (Å²) in [6.07, 6.45) is 3.39. The molecule has 0 heterocycles. The number of rotatable bonds is 4. The van der Waals surface area contributed by atoms with E-state index in [0.29, 0.717) is 0 Å². The third kappa shape index (κ3) is 3.31. The molecule has 0 saturated carbocycles. The zero-order valence-corrected chi connectivity index (χ0v) is 15.5. The van der Waals surface area contributed by atoms with Crippen molar-refractivity contribution in [2.75, 3.05) is 5.32 Å². The molecule has 0 atom stereocenters. The quantitative estimate of drug-likeness (QED) is 0.693. The number of hydrogen-bond acceptors (Lipinski definition) is 1. The summed E-state index contributed by atoms with van der Waals surface area (Å²) in [5.41, 5.74) is 12.3. The Kier molecular flexibility index (Phi) is 4.62. The second kappa shape index (κ2) is 6.68. The Morgan fingerprint density at radius 3 is 2.21 bits per heavy atom. The fraction of sp³-hybridized carbons (Fsp3) is 0.304. The third-order valence-electron chi connectivity index (χ3n) is 4.87. The number of benzene rings is 2. The maximum atomic E-state index is 3.68. The van der Waals surface area contributed by atoms with Crippen molar-refractivity contribution in [2.45, 2.75) is 47.6 Å². The van der Waals surface area contributed by atoms with E-state index in [4.69, 9.17) is 0 Å². The molecule has 124 valence electrons. The average molecular weight is 317 g/mol. The molecule has 1 heteroatoms. The summed E-state index contributed by atoms with van der Waals surface area (Å²) in [4.78, 5) is 0. The lowest BCUT2D eigenvalue weighted by molar-refractivity contribution is 1.11. The Bertz CT molecular complexity index is 814. The van der Waals surface area contributed by atoms with Gasteiger partial charge in [0.05, 0.1) is 0 Å². The number of allylic oxidation sites excluding steroid dienone is 4. The van der Waals surface area contributed by atoms with Crippen LogP contribution in [0.3, 0.4) is 0 Å². The Balaban J connectivity index is 1.87. The first-order valence-corrected chi connectivity index (χ1v) is 8.72. The van der Waals surface area contributed by atoms with Gasteiger partial charge in [0.25, 0.3) is 0 Å². The van der Waals surface area contributed by atoms with Crippen LogP contribution in [-0.4, -0.2) is 0 Å². The van der Waals surface area contributed by atoms with Crippen molar-refractivity contribution in [3.8, 4) is 0 Å². The van der Waals surface area contributed by atoms with E-state index < -0.39 is 0 Å². The molecular formula is C23H27N. The highest BCUT2D eigenvalue weighted by Crippen LogP contribution is 2.35. The first-order chi connectivity index (χ1) is 11.5. The zero-order valence-electron chi connectivity index (χ0n) is 15.5. The Labute approximate surface area is 146 Å². The molecule has 24 heavy (non-hydrogen) atoms. The van der Waals surface area contributed by atoms with E-state index >= 15 is 0 Å². The number of anilines is 1. The van der Waals surface area contributed by atoms with Gasteiger partial charge in [-0.05, 0) is 74.4 Å². The molecule has 0 aliphatic heterocycles. The summed E-state index contributed by atoms with van der Waals surface area (Å²) < 4.78 is 0. The topological polar surface area (TPSA) is 12.0 Å². The van der Waals surface area contributed by atoms with Crippen LogP contribution in [0.25, 0.3) is 5.57 Å². The second-order valence-electron chi connectivity index (χ2n) is 7.11. The minimum atomic E-state index is 0.858. The van der Waals surface area contributed by atoms with Crippen LogP contribution in [0.2, 0.25) is 0 Å². The highest BCUT2D eigenvalue weighted by molar-refractivity contribution is 5.77. The van der Waals surface area contributed by atoms with E-state index in [-0.39, 0.29) is 0 Å². The molecule has 0 bridgehead atoms. The monoisotopic (exact) mass is 317 g/mol. The van der Waals surface area contributed by atoms with Crippen LogP contribution >= 0.6 is 0 Å². The summed E-state index contributed by atoms with van der Waals surface area (Å²) in [6.45, 7) is 11.8. The summed E-state index contributed by atoms with van der Waals surface area (Å²) in [5, 5.41) is 3.68. The average Bonchev–Trinajstić information content (AvgIpc) is 2.85. The van der Waals surface area contributed by atoms with Crippen LogP contribution in [0, 0.1) is 20.8 Å². The van der Waals surface area contributed by atoms with Gasteiger partial charge in [0.15, 0.2) is 0 Å². The molecule has 1 aliphatic carbocycles. The van der Waals surface area contributed by atoms with Crippen molar-refractivity contribution in [1.82, 2.24) is 0 Å². The van der Waals surface area contributed by atoms with Gasteiger partial charge in [0.2, 0.25) is 0 Å². The minimum Gasteiger partial charge on any atom is -0.381 e. The summed E-state index contributed by atoms with van der Waals surface area (Å²) >= 11 is 0. The van der Waals surface area contributed by atoms with Crippen molar-refractivity contribution >= 4 is 11.3 Å². The molecule has 3 rings (SSSR count). The van der Waals surface area contributed by atoms with E-state index in [0.717, 1.165) is 13.0 Å². The zero-order chi connectivity index (χ0) is 17.3. The van der Waals surface area contributed by atoms with Crippen molar-refractivity contribution < 1.29 is 0 Å². The molecule has 0 amide bonds. The Morgan fingerprint density at radius 1 is 0.917 bits per heavy atom. The lowest BCUT2D eigenvalue weighted by Crippen LogP contribution is -2.05. The molecule has 0 aromatic heterocycles. The first-order valence-electron chi connectivity index (χ1n) is 8.72. The SMILES string of the molecule is CC1=CC(C)=C(c2ccccc2CNc2c(C)cc(C)cc2C)C1. The molecule has 0 fully saturated rings. The maximum absolute atomic E-state index is 3.68. The normalized spacial score (nSPS) is 14.1. The van der Waals surface area contributed by atoms with Crippen LogP contribution in [0.4, 0.5) is 5.69 Å². The van der Waals surface area contributed by atoms with Gasteiger partial charge in [-0.25, -0.2) is 0 Å². The van der Waals surface area contributed by atoms with E-state index in [2.05, 4.69) is 82.4 Å². The lowest BCUT2D eigenvalue weighted by atomic mass is 9.95. The smallest absolute Gasteiger partial charge is 0.0407 e. The number of aryl methyl sites for hydroxylation is 3. The van der Waals surface area contributed by atoms with E-state index in [1.165, 1.54) is 50.2 Å². The molecular weight excluding hydrogens is 290 g/mol. The third-order valence-corrected chi connectivity index (χ3v) is 4.87. The van der Waals surface area contributed by atoms with Crippen molar-refractivity contribution in [3.63, 3.8) is 0 Å². The molecule has 0 radical (unpaired) electrons. The standard InChI is InChI=1S/C23H27N/c1-15-11-18(4)23(19(5)12-15)24-14-20-8-6-7-9-21(20)22-13-16(2)10-17(22)3/h6-12,24H,13-14H2,1-5H3. The van der Waals surface area contributed by atoms with Gasteiger partial charge >= 0.3 is 0 Å². The number of hydrogen-bond donors (Lipinski definition) is 1. The summed E-state index contributed by atoms with van der Waals surface area (Å²) in [6, 6.07) is 13.3. The summed E-state index contributed by atoms with van der Waals surface area (Å²) in [7, 11) is 0. The molecule has 0 saturated heterocycles. The van der Waals surface area contributed by atoms with Gasteiger partial charge in [0.1, 0.15) is 0 Å². The predicted molar refractivity (Wildman–Crippen MR) is 105 cm³/mol. The molecule has 0 spiro atoms. The van der Waals surface area contributed by atoms with E-state index in [1.807, 2.05) is 0 Å². The van der Waals surface area contributed by atoms with Crippen LogP contribution in [0.1, 0.15) is 48.1 Å². The molecule has 2 aromatic carbocycles. The van der Waals surface area contributed by atoms with Gasteiger partial charge < -0.3 is 5.32 Å². The van der Waals surface area contributed by atoms with E-state index in [9.17, 15) is 0 Å². The molecule has 1 aliphatic rings. The van der Waals surface area contributed by atoms with Crippen molar-refractivity contribution in [1.29, 1.82) is 0 Å². The molecule has 1 N–H and O–H groups in total. The molecule has 2 aromatic rings. The van der Waals surface area contributed by atoms with Gasteiger partial charge in [0, 0.05) is 12.2 Å². The lowest BCUT2D eigenvalue weighted by Gasteiger charge is -2.17. The van der Waals surface area contributed by atoms with Gasteiger partial charge in [-0.3, -0.25) is 0 Å². The Morgan fingerprint density at radius 2 is 1.58 bits per heavy atom. The number of nitrogens with one attached hydrogen (secondary N) is 1. The minimum absolute atomic E-state index is 0.858. The fourth-order valence-electron chi connectivity index (χ4n) is 3.84. The Hall–Kier alpha value is -2.28. The van der Waals surface area contributed by atoms with Crippen LogP contribution in [0.15, 0.2) is 53.6 Å². The largest absolute Gasteiger partial charge is 0.381 e. The molecule has 0 unspecified atom stereocenters. The molecule has 1 nitrogen and oxygen atoms in total. The van der Waals surface area contributed by atoms with Crippen LogP contribution in [0.5, 0.6) is 0 Å². The highest BCUT2D eigenvalue weighted by Gasteiger charge is 2.15. The summed E-state index contributed by atoms with van der Waals surface area (Å²) in [5.74, 6) is 0. The first kappa shape index (κ1) is 16.6. The van der Waals surface area contributed by atoms with Gasteiger partial charge in [-0.1, -0.05) is 53.6 Å².